The molecule has 0 amide bonds. The number of carbonyl (C=O) groups is 1. The SMILES string of the molecule is COCCC(C)(O)CNCC(C(=O)OC)c1ccccc1. The summed E-state index contributed by atoms with van der Waals surface area (Å²) in [6, 6.07) is 9.47. The van der Waals surface area contributed by atoms with Gasteiger partial charge in [0.2, 0.25) is 0 Å². The zero-order valence-electron chi connectivity index (χ0n) is 13.0. The van der Waals surface area contributed by atoms with Gasteiger partial charge in [-0.3, -0.25) is 4.79 Å². The molecule has 1 aromatic rings. The third-order valence-electron chi connectivity index (χ3n) is 3.39. The predicted octanol–water partition coefficient (Wildman–Crippen LogP) is 1.32. The molecular weight excluding hydrogens is 270 g/mol. The lowest BCUT2D eigenvalue weighted by atomic mass is 9.98. The minimum Gasteiger partial charge on any atom is -0.469 e. The number of rotatable bonds is 9. The molecule has 0 aliphatic heterocycles. The maximum Gasteiger partial charge on any atom is 0.314 e. The number of methoxy groups -OCH3 is 2. The first-order chi connectivity index (χ1) is 10.00. The van der Waals surface area contributed by atoms with Crippen LogP contribution in [0.1, 0.15) is 24.8 Å². The van der Waals surface area contributed by atoms with Gasteiger partial charge in [0.15, 0.2) is 0 Å². The van der Waals surface area contributed by atoms with Crippen molar-refractivity contribution in [1.29, 1.82) is 0 Å². The fourth-order valence-corrected chi connectivity index (χ4v) is 2.06. The molecule has 0 fully saturated rings. The van der Waals surface area contributed by atoms with Crippen molar-refractivity contribution < 1.29 is 19.4 Å². The van der Waals surface area contributed by atoms with Gasteiger partial charge in [-0.05, 0) is 12.5 Å². The molecule has 0 saturated heterocycles. The van der Waals surface area contributed by atoms with E-state index in [2.05, 4.69) is 5.32 Å². The third-order valence-corrected chi connectivity index (χ3v) is 3.39. The topological polar surface area (TPSA) is 67.8 Å². The molecule has 21 heavy (non-hydrogen) atoms. The van der Waals surface area contributed by atoms with Crippen molar-refractivity contribution in [2.75, 3.05) is 33.9 Å². The van der Waals surface area contributed by atoms with Crippen LogP contribution in [-0.2, 0) is 14.3 Å². The molecule has 0 bridgehead atoms. The number of esters is 1. The Labute approximate surface area is 126 Å². The molecule has 0 aliphatic rings. The van der Waals surface area contributed by atoms with Crippen LogP contribution in [0, 0.1) is 0 Å². The summed E-state index contributed by atoms with van der Waals surface area (Å²) in [5, 5.41) is 13.3. The van der Waals surface area contributed by atoms with Crippen LogP contribution in [0.5, 0.6) is 0 Å². The second kappa shape index (κ2) is 8.77. The lowest BCUT2D eigenvalue weighted by Gasteiger charge is -2.24. The third kappa shape index (κ3) is 6.25. The van der Waals surface area contributed by atoms with Gasteiger partial charge in [0.05, 0.1) is 18.6 Å². The minimum atomic E-state index is -0.868. The quantitative estimate of drug-likeness (QED) is 0.673. The average Bonchev–Trinajstić information content (AvgIpc) is 2.50. The maximum absolute atomic E-state index is 11.9. The average molecular weight is 295 g/mol. The Morgan fingerprint density at radius 2 is 2.00 bits per heavy atom. The molecule has 0 radical (unpaired) electrons. The number of ether oxygens (including phenoxy) is 2. The maximum atomic E-state index is 11.9. The summed E-state index contributed by atoms with van der Waals surface area (Å²) in [6.07, 6.45) is 0.532. The van der Waals surface area contributed by atoms with Gasteiger partial charge in [-0.1, -0.05) is 30.3 Å². The van der Waals surface area contributed by atoms with Gasteiger partial charge in [-0.2, -0.15) is 0 Å². The molecule has 118 valence electrons. The zero-order valence-corrected chi connectivity index (χ0v) is 13.0. The van der Waals surface area contributed by atoms with E-state index >= 15 is 0 Å². The van der Waals surface area contributed by atoms with Gasteiger partial charge in [0, 0.05) is 33.2 Å². The van der Waals surface area contributed by atoms with Crippen LogP contribution in [0.25, 0.3) is 0 Å². The molecule has 2 unspecified atom stereocenters. The molecule has 2 N–H and O–H groups in total. The second-order valence-corrected chi connectivity index (χ2v) is 5.36. The van der Waals surface area contributed by atoms with Crippen LogP contribution in [0.4, 0.5) is 0 Å². The highest BCUT2D eigenvalue weighted by molar-refractivity contribution is 5.78. The Bertz CT molecular complexity index is 420. The number of aliphatic hydroxyl groups is 1. The van der Waals surface area contributed by atoms with Crippen molar-refractivity contribution >= 4 is 5.97 Å². The molecule has 0 heterocycles. The van der Waals surface area contributed by atoms with Crippen molar-refractivity contribution in [2.24, 2.45) is 0 Å². The molecule has 5 nitrogen and oxygen atoms in total. The van der Waals surface area contributed by atoms with Crippen molar-refractivity contribution in [3.05, 3.63) is 35.9 Å². The first kappa shape index (κ1) is 17.6. The number of hydrogen-bond donors (Lipinski definition) is 2. The predicted molar refractivity (Wildman–Crippen MR) is 81.2 cm³/mol. The van der Waals surface area contributed by atoms with Crippen LogP contribution in [-0.4, -0.2) is 50.6 Å². The molecule has 0 spiro atoms. The molecule has 5 heteroatoms. The Morgan fingerprint density at radius 1 is 1.33 bits per heavy atom. The van der Waals surface area contributed by atoms with E-state index in [1.807, 2.05) is 30.3 Å². The van der Waals surface area contributed by atoms with Gasteiger partial charge in [-0.15, -0.1) is 0 Å². The van der Waals surface area contributed by atoms with Crippen molar-refractivity contribution in [3.63, 3.8) is 0 Å². The molecule has 2 atom stereocenters. The van der Waals surface area contributed by atoms with Crippen molar-refractivity contribution in [2.45, 2.75) is 24.9 Å². The summed E-state index contributed by atoms with van der Waals surface area (Å²) < 4.78 is 9.82. The number of benzene rings is 1. The number of nitrogens with one attached hydrogen (secondary N) is 1. The lowest BCUT2D eigenvalue weighted by molar-refractivity contribution is -0.142. The van der Waals surface area contributed by atoms with Gasteiger partial charge in [-0.25, -0.2) is 0 Å². The summed E-state index contributed by atoms with van der Waals surface area (Å²) in [5.74, 6) is -0.667. The molecule has 0 aliphatic carbocycles. The van der Waals surface area contributed by atoms with Crippen LogP contribution < -0.4 is 5.32 Å². The highest BCUT2D eigenvalue weighted by Gasteiger charge is 2.24. The summed E-state index contributed by atoms with van der Waals surface area (Å²) in [4.78, 5) is 11.9. The highest BCUT2D eigenvalue weighted by atomic mass is 16.5. The summed E-state index contributed by atoms with van der Waals surface area (Å²) in [5.41, 5.74) is 0.0290. The first-order valence-electron chi connectivity index (χ1n) is 7.05. The van der Waals surface area contributed by atoms with Gasteiger partial charge in [0.25, 0.3) is 0 Å². The fraction of sp³-hybridized carbons (Fsp3) is 0.562. The molecule has 1 aromatic carbocycles. The smallest absolute Gasteiger partial charge is 0.314 e. The van der Waals surface area contributed by atoms with E-state index in [1.165, 1.54) is 7.11 Å². The molecular formula is C16H25NO4. The van der Waals surface area contributed by atoms with E-state index in [9.17, 15) is 9.90 Å². The fourth-order valence-electron chi connectivity index (χ4n) is 2.06. The summed E-state index contributed by atoms with van der Waals surface area (Å²) >= 11 is 0. The largest absolute Gasteiger partial charge is 0.469 e. The van der Waals surface area contributed by atoms with E-state index in [-0.39, 0.29) is 11.9 Å². The summed E-state index contributed by atoms with van der Waals surface area (Å²) in [7, 11) is 2.99. The van der Waals surface area contributed by atoms with Gasteiger partial charge in [0.1, 0.15) is 0 Å². The van der Waals surface area contributed by atoms with Gasteiger partial charge < -0.3 is 19.9 Å². The Kier molecular flexibility index (Phi) is 7.36. The first-order valence-corrected chi connectivity index (χ1v) is 7.05. The van der Waals surface area contributed by atoms with E-state index in [1.54, 1.807) is 14.0 Å². The lowest BCUT2D eigenvalue weighted by Crippen LogP contribution is -2.41. The second-order valence-electron chi connectivity index (χ2n) is 5.36. The number of hydrogen-bond acceptors (Lipinski definition) is 5. The standard InChI is InChI=1S/C16H25NO4/c1-16(19,9-10-20-2)12-17-11-14(15(18)21-3)13-7-5-4-6-8-13/h4-8,14,17,19H,9-12H2,1-3H3. The van der Waals surface area contributed by atoms with E-state index in [0.717, 1.165) is 5.56 Å². The van der Waals surface area contributed by atoms with E-state index in [4.69, 9.17) is 9.47 Å². The van der Waals surface area contributed by atoms with Crippen LogP contribution in [0.15, 0.2) is 30.3 Å². The monoisotopic (exact) mass is 295 g/mol. The Morgan fingerprint density at radius 3 is 2.57 bits per heavy atom. The molecule has 0 aromatic heterocycles. The Balaban J connectivity index is 2.57. The zero-order chi connectivity index (χ0) is 15.7. The van der Waals surface area contributed by atoms with Crippen molar-refractivity contribution in [1.82, 2.24) is 5.32 Å². The van der Waals surface area contributed by atoms with Crippen molar-refractivity contribution in [3.8, 4) is 0 Å². The molecule has 1 rings (SSSR count). The normalized spacial score (nSPS) is 15.2. The van der Waals surface area contributed by atoms with Crippen LogP contribution in [0.3, 0.4) is 0 Å². The van der Waals surface area contributed by atoms with Crippen LogP contribution in [0.2, 0.25) is 0 Å². The van der Waals surface area contributed by atoms with E-state index in [0.29, 0.717) is 26.1 Å². The Hall–Kier alpha value is -1.43. The highest BCUT2D eigenvalue weighted by Crippen LogP contribution is 2.17. The summed E-state index contributed by atoms with van der Waals surface area (Å²) in [6.45, 7) is 3.04. The van der Waals surface area contributed by atoms with Gasteiger partial charge >= 0.3 is 5.97 Å². The number of carbonyl (C=O) groups excluding carboxylic acids is 1. The molecule has 0 saturated carbocycles. The van der Waals surface area contributed by atoms with E-state index < -0.39 is 5.60 Å². The van der Waals surface area contributed by atoms with Crippen LogP contribution >= 0.6 is 0 Å². The minimum absolute atomic E-state index is 0.287.